The van der Waals surface area contributed by atoms with Gasteiger partial charge in [-0.25, -0.2) is 0 Å². The standard InChI is InChI=1S/C5H7N3/c1-4(8)5(2-6)3-7/h2,6H,8H2,1H3. The van der Waals surface area contributed by atoms with Gasteiger partial charge in [0.15, 0.2) is 0 Å². The van der Waals surface area contributed by atoms with Crippen LogP contribution < -0.4 is 5.73 Å². The molecule has 3 nitrogen and oxygen atoms in total. The van der Waals surface area contributed by atoms with E-state index in [1.165, 1.54) is 0 Å². The summed E-state index contributed by atoms with van der Waals surface area (Å²) in [6.07, 6.45) is 0.940. The van der Waals surface area contributed by atoms with Crippen molar-refractivity contribution < 1.29 is 0 Å². The Morgan fingerprint density at radius 1 is 1.88 bits per heavy atom. The summed E-state index contributed by atoms with van der Waals surface area (Å²) in [7, 11) is 0. The molecule has 42 valence electrons. The number of nitrogens with two attached hydrogens (primary N) is 1. The molecule has 0 aromatic rings. The third kappa shape index (κ3) is 1.43. The van der Waals surface area contributed by atoms with Crippen LogP contribution in [-0.4, -0.2) is 6.21 Å². The fraction of sp³-hybridized carbons (Fsp3) is 0.200. The van der Waals surface area contributed by atoms with Crippen molar-refractivity contribution in [1.82, 2.24) is 0 Å². The zero-order valence-electron chi connectivity index (χ0n) is 4.60. The quantitative estimate of drug-likeness (QED) is 0.377. The van der Waals surface area contributed by atoms with Crippen LogP contribution in [0.15, 0.2) is 11.3 Å². The van der Waals surface area contributed by atoms with E-state index in [1.807, 2.05) is 0 Å². The number of nitriles is 1. The maximum absolute atomic E-state index is 8.16. The molecular weight excluding hydrogens is 102 g/mol. The molecule has 0 fully saturated rings. The smallest absolute Gasteiger partial charge is 0.103 e. The molecule has 3 heteroatoms. The molecule has 0 bridgehead atoms. The van der Waals surface area contributed by atoms with E-state index in [0.29, 0.717) is 5.70 Å². The topological polar surface area (TPSA) is 73.7 Å². The zero-order chi connectivity index (χ0) is 6.57. The molecule has 0 heterocycles. The Labute approximate surface area is 47.9 Å². The van der Waals surface area contributed by atoms with Crippen molar-refractivity contribution in [2.75, 3.05) is 0 Å². The zero-order valence-corrected chi connectivity index (χ0v) is 4.60. The maximum Gasteiger partial charge on any atom is 0.103 e. The summed E-state index contributed by atoms with van der Waals surface area (Å²) in [5.74, 6) is 0. The molecule has 0 saturated heterocycles. The number of nitrogens with one attached hydrogen (secondary N) is 1. The maximum atomic E-state index is 8.16. The van der Waals surface area contributed by atoms with Gasteiger partial charge in [0, 0.05) is 11.9 Å². The van der Waals surface area contributed by atoms with E-state index in [-0.39, 0.29) is 5.57 Å². The van der Waals surface area contributed by atoms with Crippen LogP contribution in [0.3, 0.4) is 0 Å². The van der Waals surface area contributed by atoms with E-state index in [4.69, 9.17) is 16.4 Å². The minimum absolute atomic E-state index is 0.227. The number of rotatable bonds is 1. The molecule has 0 aliphatic rings. The van der Waals surface area contributed by atoms with Gasteiger partial charge in [0.2, 0.25) is 0 Å². The van der Waals surface area contributed by atoms with Crippen molar-refractivity contribution in [3.8, 4) is 6.07 Å². The fourth-order valence-corrected chi connectivity index (χ4v) is 0.234. The first-order valence-corrected chi connectivity index (χ1v) is 2.09. The molecule has 0 amide bonds. The van der Waals surface area contributed by atoms with E-state index >= 15 is 0 Å². The summed E-state index contributed by atoms with van der Waals surface area (Å²) in [5, 5.41) is 14.8. The van der Waals surface area contributed by atoms with Crippen LogP contribution in [0.1, 0.15) is 6.92 Å². The van der Waals surface area contributed by atoms with Crippen molar-refractivity contribution in [3.63, 3.8) is 0 Å². The highest BCUT2D eigenvalue weighted by atomic mass is 14.6. The Balaban J connectivity index is 4.38. The first kappa shape index (κ1) is 6.70. The summed E-state index contributed by atoms with van der Waals surface area (Å²) in [6, 6.07) is 1.76. The highest BCUT2D eigenvalue weighted by Crippen LogP contribution is 1.89. The van der Waals surface area contributed by atoms with Gasteiger partial charge in [0.05, 0.1) is 5.57 Å². The van der Waals surface area contributed by atoms with Crippen LogP contribution in [0, 0.1) is 16.7 Å². The highest BCUT2D eigenvalue weighted by molar-refractivity contribution is 5.81. The van der Waals surface area contributed by atoms with E-state index < -0.39 is 0 Å². The summed E-state index contributed by atoms with van der Waals surface area (Å²) in [4.78, 5) is 0. The van der Waals surface area contributed by atoms with Gasteiger partial charge in [-0.05, 0) is 6.92 Å². The molecule has 0 aliphatic carbocycles. The van der Waals surface area contributed by atoms with Crippen molar-refractivity contribution in [2.24, 2.45) is 5.73 Å². The van der Waals surface area contributed by atoms with E-state index in [1.54, 1.807) is 13.0 Å². The second-order valence-electron chi connectivity index (χ2n) is 1.35. The normalized spacial score (nSPS) is 11.5. The SMILES string of the molecule is CC(N)=C(C#N)C=N. The van der Waals surface area contributed by atoms with E-state index in [9.17, 15) is 0 Å². The van der Waals surface area contributed by atoms with Crippen LogP contribution in [-0.2, 0) is 0 Å². The van der Waals surface area contributed by atoms with Gasteiger partial charge in [-0.3, -0.25) is 0 Å². The van der Waals surface area contributed by atoms with Gasteiger partial charge < -0.3 is 11.1 Å². The van der Waals surface area contributed by atoms with E-state index in [0.717, 1.165) is 6.21 Å². The molecule has 0 radical (unpaired) electrons. The first-order chi connectivity index (χ1) is 3.72. The molecule has 3 N–H and O–H groups in total. The molecule has 0 spiro atoms. The Morgan fingerprint density at radius 3 is 2.38 bits per heavy atom. The molecule has 0 rings (SSSR count). The number of hydrogen-bond donors (Lipinski definition) is 2. The van der Waals surface area contributed by atoms with Crippen molar-refractivity contribution in [1.29, 1.82) is 10.7 Å². The van der Waals surface area contributed by atoms with Crippen molar-refractivity contribution in [2.45, 2.75) is 6.92 Å². The van der Waals surface area contributed by atoms with Gasteiger partial charge in [0.1, 0.15) is 6.07 Å². The molecule has 0 atom stereocenters. The Bertz CT molecular complexity index is 157. The average molecular weight is 109 g/mol. The van der Waals surface area contributed by atoms with Crippen molar-refractivity contribution >= 4 is 6.21 Å². The lowest BCUT2D eigenvalue weighted by atomic mass is 10.3. The van der Waals surface area contributed by atoms with Gasteiger partial charge in [0.25, 0.3) is 0 Å². The lowest BCUT2D eigenvalue weighted by Gasteiger charge is -1.86. The molecule has 0 aromatic heterocycles. The molecule has 0 aliphatic heterocycles. The Morgan fingerprint density at radius 2 is 2.38 bits per heavy atom. The second-order valence-corrected chi connectivity index (χ2v) is 1.35. The van der Waals surface area contributed by atoms with Gasteiger partial charge >= 0.3 is 0 Å². The highest BCUT2D eigenvalue weighted by Gasteiger charge is 1.89. The van der Waals surface area contributed by atoms with Crippen LogP contribution in [0.4, 0.5) is 0 Å². The predicted molar refractivity (Wildman–Crippen MR) is 31.3 cm³/mol. The van der Waals surface area contributed by atoms with Gasteiger partial charge in [-0.2, -0.15) is 5.26 Å². The number of nitrogens with zero attached hydrogens (tertiary/aromatic N) is 1. The Kier molecular flexibility index (Phi) is 2.35. The molecule has 0 saturated carbocycles. The number of hydrogen-bond acceptors (Lipinski definition) is 3. The molecule has 0 unspecified atom stereocenters. The lowest BCUT2D eigenvalue weighted by Crippen LogP contribution is -1.96. The predicted octanol–water partition coefficient (Wildman–Crippen LogP) is 0.392. The molecule has 0 aromatic carbocycles. The molecular formula is C5H7N3. The van der Waals surface area contributed by atoms with Gasteiger partial charge in [-0.1, -0.05) is 0 Å². The number of allylic oxidation sites excluding steroid dienone is 2. The first-order valence-electron chi connectivity index (χ1n) is 2.09. The lowest BCUT2D eigenvalue weighted by molar-refractivity contribution is 1.29. The van der Waals surface area contributed by atoms with Crippen LogP contribution in [0.2, 0.25) is 0 Å². The van der Waals surface area contributed by atoms with Crippen LogP contribution >= 0.6 is 0 Å². The van der Waals surface area contributed by atoms with E-state index in [2.05, 4.69) is 0 Å². The molecule has 8 heavy (non-hydrogen) atoms. The summed E-state index contributed by atoms with van der Waals surface area (Å²) < 4.78 is 0. The average Bonchev–Trinajstić information content (AvgIpc) is 1.69. The minimum Gasteiger partial charge on any atom is -0.401 e. The van der Waals surface area contributed by atoms with Gasteiger partial charge in [-0.15, -0.1) is 0 Å². The minimum atomic E-state index is 0.227. The van der Waals surface area contributed by atoms with Crippen molar-refractivity contribution in [3.05, 3.63) is 11.3 Å². The summed E-state index contributed by atoms with van der Waals surface area (Å²) >= 11 is 0. The fourth-order valence-electron chi connectivity index (χ4n) is 0.234. The monoisotopic (exact) mass is 109 g/mol. The summed E-state index contributed by atoms with van der Waals surface area (Å²) in [6.45, 7) is 1.59. The van der Waals surface area contributed by atoms with Crippen LogP contribution in [0.5, 0.6) is 0 Å². The third-order valence-electron chi connectivity index (χ3n) is 0.690. The third-order valence-corrected chi connectivity index (χ3v) is 0.690. The second kappa shape index (κ2) is 2.80. The Hall–Kier alpha value is -1.30. The summed E-state index contributed by atoms with van der Waals surface area (Å²) in [5.41, 5.74) is 5.78. The largest absolute Gasteiger partial charge is 0.401 e. The van der Waals surface area contributed by atoms with Crippen LogP contribution in [0.25, 0.3) is 0 Å².